The van der Waals surface area contributed by atoms with Gasteiger partial charge >= 0.3 is 0 Å². The Hall–Kier alpha value is -3.02. The van der Waals surface area contributed by atoms with Crippen molar-refractivity contribution in [3.8, 4) is 11.5 Å². The summed E-state index contributed by atoms with van der Waals surface area (Å²) in [5.41, 5.74) is 2.01. The summed E-state index contributed by atoms with van der Waals surface area (Å²) >= 11 is 0. The predicted molar refractivity (Wildman–Crippen MR) is 96.8 cm³/mol. The van der Waals surface area contributed by atoms with Crippen LogP contribution >= 0.6 is 0 Å². The summed E-state index contributed by atoms with van der Waals surface area (Å²) in [6, 6.07) is 14.7. The van der Waals surface area contributed by atoms with E-state index in [1.165, 1.54) is 0 Å². The van der Waals surface area contributed by atoms with Crippen molar-refractivity contribution in [2.24, 2.45) is 0 Å². The number of hydrogen-bond acceptors (Lipinski definition) is 4. The van der Waals surface area contributed by atoms with Gasteiger partial charge in [0.15, 0.2) is 11.5 Å². The number of fused-ring (bicyclic) bond motifs is 1. The monoisotopic (exact) mass is 354 g/mol. The van der Waals surface area contributed by atoms with E-state index in [1.54, 1.807) is 6.92 Å². The number of rotatable bonds is 7. The third-order valence-corrected chi connectivity index (χ3v) is 4.16. The van der Waals surface area contributed by atoms with Gasteiger partial charge in [-0.2, -0.15) is 0 Å². The van der Waals surface area contributed by atoms with Crippen molar-refractivity contribution >= 4 is 11.8 Å². The van der Waals surface area contributed by atoms with Crippen molar-refractivity contribution in [1.29, 1.82) is 0 Å². The van der Waals surface area contributed by atoms with Crippen LogP contribution in [0.2, 0.25) is 0 Å². The fraction of sp³-hybridized carbons (Fsp3) is 0.300. The summed E-state index contributed by atoms with van der Waals surface area (Å²) < 4.78 is 10.6. The number of aryl methyl sites for hydroxylation is 1. The van der Waals surface area contributed by atoms with Crippen LogP contribution in [0, 0.1) is 0 Å². The van der Waals surface area contributed by atoms with Gasteiger partial charge in [-0.15, -0.1) is 0 Å². The Morgan fingerprint density at radius 2 is 1.81 bits per heavy atom. The standard InChI is InChI=1S/C20H22N2O4/c1-14(20(24)21-12-16-5-3-2-4-6-16)22-19(23)10-8-15-7-9-17-18(11-15)26-13-25-17/h2-7,9,11,14H,8,10,12-13H2,1H3,(H,21,24)(H,22,23). The van der Waals surface area contributed by atoms with Crippen molar-refractivity contribution in [3.05, 3.63) is 59.7 Å². The number of benzene rings is 2. The Morgan fingerprint density at radius 3 is 2.62 bits per heavy atom. The molecule has 2 aromatic rings. The van der Waals surface area contributed by atoms with Crippen LogP contribution < -0.4 is 20.1 Å². The molecule has 0 saturated carbocycles. The highest BCUT2D eigenvalue weighted by Gasteiger charge is 2.16. The first-order chi connectivity index (χ1) is 12.6. The molecule has 0 saturated heterocycles. The SMILES string of the molecule is CC(NC(=O)CCc1ccc2c(c1)OCO2)C(=O)NCc1ccccc1. The van der Waals surface area contributed by atoms with Crippen molar-refractivity contribution in [1.82, 2.24) is 10.6 Å². The molecule has 2 amide bonds. The molecule has 1 atom stereocenters. The third kappa shape index (κ3) is 4.75. The van der Waals surface area contributed by atoms with Crippen molar-refractivity contribution in [2.75, 3.05) is 6.79 Å². The first kappa shape index (κ1) is 17.8. The highest BCUT2D eigenvalue weighted by atomic mass is 16.7. The molecule has 0 bridgehead atoms. The van der Waals surface area contributed by atoms with Crippen molar-refractivity contribution < 1.29 is 19.1 Å². The molecule has 3 rings (SSSR count). The summed E-state index contributed by atoms with van der Waals surface area (Å²) in [7, 11) is 0. The van der Waals surface area contributed by atoms with Gasteiger partial charge in [-0.25, -0.2) is 0 Å². The van der Waals surface area contributed by atoms with Gasteiger partial charge in [-0.1, -0.05) is 36.4 Å². The van der Waals surface area contributed by atoms with Gasteiger partial charge in [0.1, 0.15) is 6.04 Å². The number of carbonyl (C=O) groups is 2. The number of nitrogens with one attached hydrogen (secondary N) is 2. The molecular weight excluding hydrogens is 332 g/mol. The number of amides is 2. The second-order valence-corrected chi connectivity index (χ2v) is 6.18. The summed E-state index contributed by atoms with van der Waals surface area (Å²) in [4.78, 5) is 24.2. The summed E-state index contributed by atoms with van der Waals surface area (Å²) in [6.45, 7) is 2.35. The lowest BCUT2D eigenvalue weighted by atomic mass is 10.1. The first-order valence-electron chi connectivity index (χ1n) is 8.61. The normalized spacial score (nSPS) is 13.1. The van der Waals surface area contributed by atoms with Crippen LogP contribution in [0.25, 0.3) is 0 Å². The molecule has 0 fully saturated rings. The molecule has 1 heterocycles. The minimum absolute atomic E-state index is 0.162. The van der Waals surface area contributed by atoms with E-state index in [4.69, 9.17) is 9.47 Å². The first-order valence-corrected chi connectivity index (χ1v) is 8.61. The van der Waals surface area contributed by atoms with Gasteiger partial charge in [-0.05, 0) is 36.6 Å². The van der Waals surface area contributed by atoms with E-state index in [1.807, 2.05) is 48.5 Å². The number of carbonyl (C=O) groups excluding carboxylic acids is 2. The number of ether oxygens (including phenoxy) is 2. The Bertz CT molecular complexity index is 777. The van der Waals surface area contributed by atoms with Crippen molar-refractivity contribution in [2.45, 2.75) is 32.4 Å². The van der Waals surface area contributed by atoms with Gasteiger partial charge < -0.3 is 20.1 Å². The Labute approximate surface area is 152 Å². The minimum Gasteiger partial charge on any atom is -0.454 e. The molecule has 1 unspecified atom stereocenters. The van der Waals surface area contributed by atoms with Crippen LogP contribution in [0.15, 0.2) is 48.5 Å². The van der Waals surface area contributed by atoms with E-state index >= 15 is 0 Å². The summed E-state index contributed by atoms with van der Waals surface area (Å²) in [5, 5.41) is 5.55. The molecule has 1 aliphatic rings. The second-order valence-electron chi connectivity index (χ2n) is 6.18. The van der Waals surface area contributed by atoms with Crippen LogP contribution in [0.1, 0.15) is 24.5 Å². The average molecular weight is 354 g/mol. The molecule has 0 aromatic heterocycles. The smallest absolute Gasteiger partial charge is 0.242 e. The van der Waals surface area contributed by atoms with Gasteiger partial charge in [0, 0.05) is 13.0 Å². The molecule has 6 nitrogen and oxygen atoms in total. The van der Waals surface area contributed by atoms with Crippen molar-refractivity contribution in [3.63, 3.8) is 0 Å². The minimum atomic E-state index is -0.581. The molecule has 2 aromatic carbocycles. The third-order valence-electron chi connectivity index (χ3n) is 4.16. The zero-order valence-corrected chi connectivity index (χ0v) is 14.7. The Balaban J connectivity index is 1.41. The van der Waals surface area contributed by atoms with E-state index in [-0.39, 0.29) is 18.6 Å². The molecule has 0 radical (unpaired) electrons. The van der Waals surface area contributed by atoms with Crippen LogP contribution in [0.5, 0.6) is 11.5 Å². The molecule has 0 spiro atoms. The van der Waals surface area contributed by atoms with Crippen LogP contribution in [-0.4, -0.2) is 24.6 Å². The highest BCUT2D eigenvalue weighted by molar-refractivity contribution is 5.87. The van der Waals surface area contributed by atoms with Crippen LogP contribution in [0.3, 0.4) is 0 Å². The highest BCUT2D eigenvalue weighted by Crippen LogP contribution is 2.32. The van der Waals surface area contributed by atoms with E-state index in [0.29, 0.717) is 25.1 Å². The summed E-state index contributed by atoms with van der Waals surface area (Å²) in [6.07, 6.45) is 0.872. The van der Waals surface area contributed by atoms with E-state index in [0.717, 1.165) is 16.9 Å². The van der Waals surface area contributed by atoms with Gasteiger partial charge in [0.2, 0.25) is 18.6 Å². The molecule has 0 aliphatic carbocycles. The maximum atomic E-state index is 12.1. The lowest BCUT2D eigenvalue weighted by molar-refractivity contribution is -0.128. The second kappa shape index (κ2) is 8.38. The molecule has 6 heteroatoms. The maximum absolute atomic E-state index is 12.1. The van der Waals surface area contributed by atoms with Gasteiger partial charge in [0.05, 0.1) is 0 Å². The van der Waals surface area contributed by atoms with Gasteiger partial charge in [-0.3, -0.25) is 9.59 Å². The molecule has 26 heavy (non-hydrogen) atoms. The molecule has 136 valence electrons. The lowest BCUT2D eigenvalue weighted by Crippen LogP contribution is -2.44. The van der Waals surface area contributed by atoms with E-state index < -0.39 is 6.04 Å². The fourth-order valence-electron chi connectivity index (χ4n) is 2.67. The van der Waals surface area contributed by atoms with Crippen LogP contribution in [-0.2, 0) is 22.6 Å². The van der Waals surface area contributed by atoms with Gasteiger partial charge in [0.25, 0.3) is 0 Å². The topological polar surface area (TPSA) is 76.7 Å². The quantitative estimate of drug-likeness (QED) is 0.799. The lowest BCUT2D eigenvalue weighted by Gasteiger charge is -2.14. The summed E-state index contributed by atoms with van der Waals surface area (Å²) in [5.74, 6) is 1.06. The predicted octanol–water partition coefficient (Wildman–Crippen LogP) is 2.17. The maximum Gasteiger partial charge on any atom is 0.242 e. The average Bonchev–Trinajstić information content (AvgIpc) is 3.13. The van der Waals surface area contributed by atoms with Crippen LogP contribution in [0.4, 0.5) is 0 Å². The number of hydrogen-bond donors (Lipinski definition) is 2. The zero-order valence-electron chi connectivity index (χ0n) is 14.7. The molecule has 1 aliphatic heterocycles. The van der Waals surface area contributed by atoms with E-state index in [9.17, 15) is 9.59 Å². The molecule has 2 N–H and O–H groups in total. The Kier molecular flexibility index (Phi) is 5.73. The Morgan fingerprint density at radius 1 is 1.04 bits per heavy atom. The largest absolute Gasteiger partial charge is 0.454 e. The zero-order chi connectivity index (χ0) is 18.4. The molecular formula is C20H22N2O4. The van der Waals surface area contributed by atoms with E-state index in [2.05, 4.69) is 10.6 Å². The fourth-order valence-corrected chi connectivity index (χ4v) is 2.67.